The van der Waals surface area contributed by atoms with E-state index in [4.69, 9.17) is 9.47 Å². The third kappa shape index (κ3) is 4.52. The summed E-state index contributed by atoms with van der Waals surface area (Å²) >= 11 is 0. The van der Waals surface area contributed by atoms with Gasteiger partial charge in [0, 0.05) is 0 Å². The normalized spacial score (nSPS) is 10.3. The van der Waals surface area contributed by atoms with Crippen molar-refractivity contribution in [3.05, 3.63) is 72.0 Å². The molecule has 0 saturated heterocycles. The molecule has 0 aliphatic rings. The zero-order valence-corrected chi connectivity index (χ0v) is 14.5. The number of amides is 2. The highest BCUT2D eigenvalue weighted by atomic mass is 19.1. The molecule has 2 amide bonds. The summed E-state index contributed by atoms with van der Waals surface area (Å²) in [6.45, 7) is -0.333. The number of methoxy groups -OCH3 is 1. The topological polar surface area (TPSA) is 76.7 Å². The first kappa shape index (κ1) is 18.2. The second-order valence-electron chi connectivity index (χ2n) is 5.64. The summed E-state index contributed by atoms with van der Waals surface area (Å²) in [6.07, 6.45) is 0. The van der Waals surface area contributed by atoms with Crippen LogP contribution in [0.15, 0.2) is 60.7 Å². The van der Waals surface area contributed by atoms with E-state index >= 15 is 0 Å². The van der Waals surface area contributed by atoms with Crippen LogP contribution in [-0.4, -0.2) is 25.5 Å². The molecule has 0 bridgehead atoms. The van der Waals surface area contributed by atoms with Gasteiger partial charge in [0.15, 0.2) is 6.61 Å². The zero-order chi connectivity index (χ0) is 19.2. The van der Waals surface area contributed by atoms with Crippen LogP contribution < -0.4 is 20.3 Å². The number of ether oxygens (including phenoxy) is 2. The largest absolute Gasteiger partial charge is 0.496 e. The van der Waals surface area contributed by atoms with E-state index in [-0.39, 0.29) is 12.2 Å². The van der Waals surface area contributed by atoms with Crippen molar-refractivity contribution in [2.75, 3.05) is 13.7 Å². The summed E-state index contributed by atoms with van der Waals surface area (Å²) in [5.41, 5.74) is 4.88. The van der Waals surface area contributed by atoms with Crippen LogP contribution >= 0.6 is 0 Å². The van der Waals surface area contributed by atoms with E-state index < -0.39 is 17.6 Å². The van der Waals surface area contributed by atoms with Crippen LogP contribution in [0.2, 0.25) is 0 Å². The maximum atomic E-state index is 12.8. The lowest BCUT2D eigenvalue weighted by molar-refractivity contribution is -0.123. The van der Waals surface area contributed by atoms with E-state index in [1.165, 1.54) is 31.4 Å². The fourth-order valence-electron chi connectivity index (χ4n) is 2.48. The molecule has 0 radical (unpaired) electrons. The molecule has 0 unspecified atom stereocenters. The molecular weight excluding hydrogens is 351 g/mol. The van der Waals surface area contributed by atoms with Crippen molar-refractivity contribution in [3.8, 4) is 11.5 Å². The molecule has 0 aromatic heterocycles. The van der Waals surface area contributed by atoms with Gasteiger partial charge in [0.1, 0.15) is 17.3 Å². The fraction of sp³-hybridized carbons (Fsp3) is 0.100. The van der Waals surface area contributed by atoms with Crippen molar-refractivity contribution in [2.24, 2.45) is 0 Å². The second-order valence-corrected chi connectivity index (χ2v) is 5.64. The van der Waals surface area contributed by atoms with Crippen molar-refractivity contribution in [3.63, 3.8) is 0 Å². The molecule has 0 fully saturated rings. The fourth-order valence-corrected chi connectivity index (χ4v) is 2.48. The molecule has 27 heavy (non-hydrogen) atoms. The Morgan fingerprint density at radius 3 is 2.30 bits per heavy atom. The lowest BCUT2D eigenvalue weighted by atomic mass is 10.1. The summed E-state index contributed by atoms with van der Waals surface area (Å²) in [4.78, 5) is 24.2. The molecule has 0 aliphatic heterocycles. The number of halogens is 1. The molecule has 3 aromatic carbocycles. The minimum Gasteiger partial charge on any atom is -0.496 e. The average Bonchev–Trinajstić information content (AvgIpc) is 2.70. The molecule has 0 spiro atoms. The molecule has 2 N–H and O–H groups in total. The van der Waals surface area contributed by atoms with Crippen LogP contribution in [0.1, 0.15) is 10.4 Å². The van der Waals surface area contributed by atoms with Crippen LogP contribution in [0.4, 0.5) is 4.39 Å². The van der Waals surface area contributed by atoms with Gasteiger partial charge in [0.2, 0.25) is 0 Å². The smallest absolute Gasteiger partial charge is 0.276 e. The van der Waals surface area contributed by atoms with Crippen molar-refractivity contribution in [2.45, 2.75) is 0 Å². The first-order chi connectivity index (χ1) is 13.1. The molecule has 6 nitrogen and oxygen atoms in total. The number of hydrogen-bond donors (Lipinski definition) is 2. The standard InChI is InChI=1S/C20H17FN2O4/c1-26-18-11-14-5-3-2-4-13(14)10-17(18)20(25)23-22-19(24)12-27-16-8-6-15(21)7-9-16/h2-11H,12H2,1H3,(H,22,24)(H,23,25). The number of hydrogen-bond acceptors (Lipinski definition) is 4. The predicted octanol–water partition coefficient (Wildman–Crippen LogP) is 2.83. The van der Waals surface area contributed by atoms with Crippen molar-refractivity contribution in [1.82, 2.24) is 10.9 Å². The molecule has 0 saturated carbocycles. The van der Waals surface area contributed by atoms with Gasteiger partial charge in [-0.3, -0.25) is 20.4 Å². The summed E-state index contributed by atoms with van der Waals surface area (Å²) in [5.74, 6) is -0.749. The SMILES string of the molecule is COc1cc2ccccc2cc1C(=O)NNC(=O)COc1ccc(F)cc1. The van der Waals surface area contributed by atoms with Crippen LogP contribution in [0.3, 0.4) is 0 Å². The highest BCUT2D eigenvalue weighted by Gasteiger charge is 2.14. The summed E-state index contributed by atoms with van der Waals surface area (Å²) < 4.78 is 23.3. The van der Waals surface area contributed by atoms with Gasteiger partial charge in [0.05, 0.1) is 12.7 Å². The number of nitrogens with one attached hydrogen (secondary N) is 2. The van der Waals surface area contributed by atoms with Gasteiger partial charge in [-0.25, -0.2) is 4.39 Å². The number of rotatable bonds is 5. The van der Waals surface area contributed by atoms with Gasteiger partial charge in [-0.2, -0.15) is 0 Å². The molecule has 7 heteroatoms. The molecule has 0 aliphatic carbocycles. The van der Waals surface area contributed by atoms with Crippen LogP contribution in [0.5, 0.6) is 11.5 Å². The Morgan fingerprint density at radius 1 is 0.963 bits per heavy atom. The Bertz CT molecular complexity index is 973. The highest BCUT2D eigenvalue weighted by molar-refractivity contribution is 6.02. The predicted molar refractivity (Wildman–Crippen MR) is 98.0 cm³/mol. The van der Waals surface area contributed by atoms with Gasteiger partial charge in [-0.05, 0) is 47.2 Å². The van der Waals surface area contributed by atoms with Crippen molar-refractivity contribution in [1.29, 1.82) is 0 Å². The van der Waals surface area contributed by atoms with Crippen LogP contribution in [0.25, 0.3) is 10.8 Å². The molecule has 3 aromatic rings. The number of fused-ring (bicyclic) bond motifs is 1. The number of hydrazine groups is 1. The Hall–Kier alpha value is -3.61. The van der Waals surface area contributed by atoms with Gasteiger partial charge < -0.3 is 9.47 Å². The minimum atomic E-state index is -0.563. The second kappa shape index (κ2) is 8.18. The Labute approximate surface area is 154 Å². The molecule has 0 heterocycles. The van der Waals surface area contributed by atoms with E-state index in [0.717, 1.165) is 10.8 Å². The van der Waals surface area contributed by atoms with Gasteiger partial charge >= 0.3 is 0 Å². The summed E-state index contributed by atoms with van der Waals surface area (Å²) in [7, 11) is 1.47. The van der Waals surface area contributed by atoms with Crippen molar-refractivity contribution < 1.29 is 23.5 Å². The maximum Gasteiger partial charge on any atom is 0.276 e. The number of carbonyl (C=O) groups is 2. The molecular formula is C20H17FN2O4. The molecule has 138 valence electrons. The van der Waals surface area contributed by atoms with Gasteiger partial charge in [-0.1, -0.05) is 24.3 Å². The van der Waals surface area contributed by atoms with E-state index in [1.54, 1.807) is 12.1 Å². The Kier molecular flexibility index (Phi) is 5.51. The van der Waals surface area contributed by atoms with Gasteiger partial charge in [-0.15, -0.1) is 0 Å². The third-order valence-electron chi connectivity index (χ3n) is 3.81. The lowest BCUT2D eigenvalue weighted by Gasteiger charge is -2.12. The highest BCUT2D eigenvalue weighted by Crippen LogP contribution is 2.25. The van der Waals surface area contributed by atoms with Crippen LogP contribution in [-0.2, 0) is 4.79 Å². The Balaban J connectivity index is 1.60. The zero-order valence-electron chi connectivity index (χ0n) is 14.5. The van der Waals surface area contributed by atoms with E-state index in [0.29, 0.717) is 11.5 Å². The van der Waals surface area contributed by atoms with E-state index in [2.05, 4.69) is 10.9 Å². The first-order valence-corrected chi connectivity index (χ1v) is 8.11. The minimum absolute atomic E-state index is 0.288. The van der Waals surface area contributed by atoms with Crippen LogP contribution in [0, 0.1) is 5.82 Å². The van der Waals surface area contributed by atoms with Crippen molar-refractivity contribution >= 4 is 22.6 Å². The maximum absolute atomic E-state index is 12.8. The first-order valence-electron chi connectivity index (χ1n) is 8.11. The number of carbonyl (C=O) groups excluding carboxylic acids is 2. The molecule has 0 atom stereocenters. The van der Waals surface area contributed by atoms with E-state index in [9.17, 15) is 14.0 Å². The molecule has 3 rings (SSSR count). The Morgan fingerprint density at radius 2 is 1.63 bits per heavy atom. The summed E-state index contributed by atoms with van der Waals surface area (Å²) in [5, 5.41) is 1.80. The van der Waals surface area contributed by atoms with E-state index in [1.807, 2.05) is 24.3 Å². The monoisotopic (exact) mass is 368 g/mol. The van der Waals surface area contributed by atoms with Gasteiger partial charge in [0.25, 0.3) is 11.8 Å². The quantitative estimate of drug-likeness (QED) is 0.679. The summed E-state index contributed by atoms with van der Waals surface area (Å²) in [6, 6.07) is 16.2. The number of benzene rings is 3. The average molecular weight is 368 g/mol. The third-order valence-corrected chi connectivity index (χ3v) is 3.81. The lowest BCUT2D eigenvalue weighted by Crippen LogP contribution is -2.43.